The van der Waals surface area contributed by atoms with Crippen LogP contribution >= 0.6 is 0 Å². The quantitative estimate of drug-likeness (QED) is 0.646. The summed E-state index contributed by atoms with van der Waals surface area (Å²) < 4.78 is 65.1. The Balaban J connectivity index is 2.06. The molecule has 3 rings (SSSR count). The third-order valence-corrected chi connectivity index (χ3v) is 5.54. The molecule has 0 aliphatic carbocycles. The lowest BCUT2D eigenvalue weighted by Gasteiger charge is -2.17. The van der Waals surface area contributed by atoms with Crippen LogP contribution in [-0.4, -0.2) is 18.9 Å². The standard InChI is InChI=1S/C20H18F3N3O3S/c1-12-11-14(19(27)25-16-8-4-6-10-18(16)30(24,28)29)13(2)26(12)17-9-5-3-7-15(17)20(21,22)23/h3-11H,1-2H3,(H,25,27)(H2,24,28,29). The summed E-state index contributed by atoms with van der Waals surface area (Å²) in [7, 11) is -4.08. The Labute approximate surface area is 171 Å². The largest absolute Gasteiger partial charge is 0.418 e. The highest BCUT2D eigenvalue weighted by Gasteiger charge is 2.34. The lowest BCUT2D eigenvalue weighted by molar-refractivity contribution is -0.137. The smallest absolute Gasteiger partial charge is 0.321 e. The van der Waals surface area contributed by atoms with E-state index in [0.717, 1.165) is 6.07 Å². The normalized spacial score (nSPS) is 12.1. The van der Waals surface area contributed by atoms with E-state index < -0.39 is 27.7 Å². The number of anilines is 1. The molecule has 158 valence electrons. The van der Waals surface area contributed by atoms with Crippen molar-refractivity contribution in [3.05, 3.63) is 77.1 Å². The first-order chi connectivity index (χ1) is 13.9. The number of primary sulfonamides is 1. The van der Waals surface area contributed by atoms with Gasteiger partial charge in [0.1, 0.15) is 4.90 Å². The maximum atomic E-state index is 13.4. The molecule has 0 fully saturated rings. The number of para-hydroxylation sites is 2. The van der Waals surface area contributed by atoms with Gasteiger partial charge in [0.25, 0.3) is 5.91 Å². The summed E-state index contributed by atoms with van der Waals surface area (Å²) in [5, 5.41) is 7.65. The Bertz CT molecular complexity index is 1230. The molecule has 0 saturated carbocycles. The highest BCUT2D eigenvalue weighted by molar-refractivity contribution is 7.89. The second-order valence-electron chi connectivity index (χ2n) is 6.63. The van der Waals surface area contributed by atoms with Crippen molar-refractivity contribution in [2.24, 2.45) is 5.14 Å². The fourth-order valence-corrected chi connectivity index (χ4v) is 3.97. The number of amides is 1. The predicted octanol–water partition coefficient (Wildman–Crippen LogP) is 4.01. The highest BCUT2D eigenvalue weighted by Crippen LogP contribution is 2.35. The van der Waals surface area contributed by atoms with Crippen LogP contribution in [0.15, 0.2) is 59.5 Å². The SMILES string of the molecule is Cc1cc(C(=O)Nc2ccccc2S(N)(=O)=O)c(C)n1-c1ccccc1C(F)(F)F. The van der Waals surface area contributed by atoms with Gasteiger partial charge in [-0.05, 0) is 44.2 Å². The van der Waals surface area contributed by atoms with E-state index in [0.29, 0.717) is 5.69 Å². The van der Waals surface area contributed by atoms with Crippen LogP contribution in [-0.2, 0) is 16.2 Å². The summed E-state index contributed by atoms with van der Waals surface area (Å²) in [4.78, 5) is 12.5. The van der Waals surface area contributed by atoms with Crippen molar-refractivity contribution < 1.29 is 26.4 Å². The zero-order valence-corrected chi connectivity index (χ0v) is 16.8. The average Bonchev–Trinajstić information content (AvgIpc) is 2.95. The van der Waals surface area contributed by atoms with Gasteiger partial charge in [-0.2, -0.15) is 13.2 Å². The van der Waals surface area contributed by atoms with Crippen LogP contribution in [0.2, 0.25) is 0 Å². The van der Waals surface area contributed by atoms with Crippen LogP contribution in [0.5, 0.6) is 0 Å². The van der Waals surface area contributed by atoms with Crippen LogP contribution in [0.25, 0.3) is 5.69 Å². The van der Waals surface area contributed by atoms with Gasteiger partial charge in [0.2, 0.25) is 10.0 Å². The number of sulfonamides is 1. The molecule has 1 heterocycles. The molecule has 1 amide bonds. The van der Waals surface area contributed by atoms with Gasteiger partial charge in [-0.3, -0.25) is 4.79 Å². The summed E-state index contributed by atoms with van der Waals surface area (Å²) in [6, 6.07) is 12.1. The van der Waals surface area contributed by atoms with Crippen LogP contribution in [0, 0.1) is 13.8 Å². The number of nitrogens with one attached hydrogen (secondary N) is 1. The molecular weight excluding hydrogens is 419 g/mol. The zero-order chi connectivity index (χ0) is 22.3. The van der Waals surface area contributed by atoms with Gasteiger partial charge in [-0.1, -0.05) is 24.3 Å². The molecule has 6 nitrogen and oxygen atoms in total. The molecular formula is C20H18F3N3O3S. The van der Waals surface area contributed by atoms with Crippen molar-refractivity contribution in [3.63, 3.8) is 0 Å². The van der Waals surface area contributed by atoms with Gasteiger partial charge in [-0.25, -0.2) is 13.6 Å². The number of aromatic nitrogens is 1. The number of hydrogen-bond donors (Lipinski definition) is 2. The molecule has 0 aliphatic rings. The monoisotopic (exact) mass is 437 g/mol. The summed E-state index contributed by atoms with van der Waals surface area (Å²) in [6.07, 6.45) is -4.57. The second-order valence-corrected chi connectivity index (χ2v) is 8.16. The first-order valence-corrected chi connectivity index (χ1v) is 10.2. The molecule has 0 atom stereocenters. The molecule has 10 heteroatoms. The van der Waals surface area contributed by atoms with E-state index in [9.17, 15) is 26.4 Å². The highest BCUT2D eigenvalue weighted by atomic mass is 32.2. The van der Waals surface area contributed by atoms with Crippen molar-refractivity contribution in [1.82, 2.24) is 4.57 Å². The van der Waals surface area contributed by atoms with Crippen LogP contribution in [0.1, 0.15) is 27.3 Å². The first-order valence-electron chi connectivity index (χ1n) is 8.70. The zero-order valence-electron chi connectivity index (χ0n) is 16.0. The molecule has 0 radical (unpaired) electrons. The van der Waals surface area contributed by atoms with Gasteiger partial charge >= 0.3 is 6.18 Å². The number of aryl methyl sites for hydroxylation is 1. The van der Waals surface area contributed by atoms with Crippen LogP contribution < -0.4 is 10.5 Å². The fraction of sp³-hybridized carbons (Fsp3) is 0.150. The number of halogens is 3. The minimum Gasteiger partial charge on any atom is -0.321 e. The molecule has 1 aromatic heterocycles. The number of nitrogens with two attached hydrogens (primary N) is 1. The van der Waals surface area contributed by atoms with Crippen LogP contribution in [0.3, 0.4) is 0 Å². The molecule has 0 spiro atoms. The van der Waals surface area contributed by atoms with Gasteiger partial charge in [-0.15, -0.1) is 0 Å². The Morgan fingerprint density at radius 3 is 2.27 bits per heavy atom. The molecule has 30 heavy (non-hydrogen) atoms. The van der Waals surface area contributed by atoms with E-state index >= 15 is 0 Å². The number of benzene rings is 2. The van der Waals surface area contributed by atoms with Crippen molar-refractivity contribution in [1.29, 1.82) is 0 Å². The third-order valence-electron chi connectivity index (χ3n) is 4.57. The Kier molecular flexibility index (Phi) is 5.48. The number of carbonyl (C=O) groups excluding carboxylic acids is 1. The lowest BCUT2D eigenvalue weighted by Crippen LogP contribution is -2.19. The average molecular weight is 437 g/mol. The van der Waals surface area contributed by atoms with E-state index in [1.165, 1.54) is 60.0 Å². The summed E-state index contributed by atoms with van der Waals surface area (Å²) >= 11 is 0. The van der Waals surface area contributed by atoms with Crippen molar-refractivity contribution in [3.8, 4) is 5.69 Å². The second kappa shape index (κ2) is 7.62. The van der Waals surface area contributed by atoms with E-state index in [-0.39, 0.29) is 27.5 Å². The van der Waals surface area contributed by atoms with Gasteiger partial charge < -0.3 is 9.88 Å². The number of nitrogens with zero attached hydrogens (tertiary/aromatic N) is 1. The van der Waals surface area contributed by atoms with Gasteiger partial charge in [0.05, 0.1) is 22.5 Å². The Morgan fingerprint density at radius 2 is 1.63 bits per heavy atom. The summed E-state index contributed by atoms with van der Waals surface area (Å²) in [5.74, 6) is -0.671. The van der Waals surface area contributed by atoms with Gasteiger partial charge in [0, 0.05) is 11.4 Å². The fourth-order valence-electron chi connectivity index (χ4n) is 3.28. The van der Waals surface area contributed by atoms with Crippen molar-refractivity contribution in [2.75, 3.05) is 5.32 Å². The molecule has 0 unspecified atom stereocenters. The summed E-state index contributed by atoms with van der Waals surface area (Å²) in [5.41, 5.74) is -0.176. The number of rotatable bonds is 4. The molecule has 0 bridgehead atoms. The van der Waals surface area contributed by atoms with E-state index in [1.54, 1.807) is 6.92 Å². The molecule has 0 saturated heterocycles. The van der Waals surface area contributed by atoms with Crippen molar-refractivity contribution >= 4 is 21.6 Å². The first kappa shape index (κ1) is 21.6. The number of carbonyl (C=O) groups is 1. The van der Waals surface area contributed by atoms with Crippen LogP contribution in [0.4, 0.5) is 18.9 Å². The third kappa shape index (κ3) is 4.10. The summed E-state index contributed by atoms with van der Waals surface area (Å²) in [6.45, 7) is 3.09. The lowest BCUT2D eigenvalue weighted by atomic mass is 10.1. The number of hydrogen-bond acceptors (Lipinski definition) is 3. The maximum Gasteiger partial charge on any atom is 0.418 e. The topological polar surface area (TPSA) is 94.2 Å². The molecule has 2 aromatic carbocycles. The Hall–Kier alpha value is -3.11. The number of alkyl halides is 3. The maximum absolute atomic E-state index is 13.4. The minimum atomic E-state index is -4.57. The molecule has 3 N–H and O–H groups in total. The molecule has 3 aromatic rings. The molecule has 0 aliphatic heterocycles. The van der Waals surface area contributed by atoms with E-state index in [4.69, 9.17) is 5.14 Å². The van der Waals surface area contributed by atoms with E-state index in [2.05, 4.69) is 5.32 Å². The van der Waals surface area contributed by atoms with E-state index in [1.807, 2.05) is 0 Å². The van der Waals surface area contributed by atoms with Gasteiger partial charge in [0.15, 0.2) is 0 Å². The predicted molar refractivity (Wildman–Crippen MR) is 106 cm³/mol. The minimum absolute atomic E-state index is 0.0227. The van der Waals surface area contributed by atoms with Crippen molar-refractivity contribution in [2.45, 2.75) is 24.9 Å². The Morgan fingerprint density at radius 1 is 1.03 bits per heavy atom.